The smallest absolute Gasteiger partial charge is 0.180 e. The van der Waals surface area contributed by atoms with Crippen molar-refractivity contribution in [2.75, 3.05) is 25.3 Å². The van der Waals surface area contributed by atoms with Crippen LogP contribution in [0.1, 0.15) is 17.6 Å². The molecule has 0 saturated carbocycles. The molecule has 0 unspecified atom stereocenters. The number of aromatic nitrogens is 4. The molecule has 0 aliphatic heterocycles. The zero-order valence-corrected chi connectivity index (χ0v) is 13.8. The van der Waals surface area contributed by atoms with E-state index in [1.54, 1.807) is 24.9 Å². The molecule has 1 atom stereocenters. The summed E-state index contributed by atoms with van der Waals surface area (Å²) in [4.78, 5) is 8.23. The number of aryl methyl sites for hydroxylation is 2. The van der Waals surface area contributed by atoms with Crippen molar-refractivity contribution < 1.29 is 13.2 Å². The molecule has 0 radical (unpaired) electrons. The van der Waals surface area contributed by atoms with E-state index in [0.717, 1.165) is 11.9 Å². The number of nitrogens with zero attached hydrogens (tertiary/aromatic N) is 4. The Morgan fingerprint density at radius 1 is 1.45 bits per heavy atom. The number of nitrogens with one attached hydrogen (secondary N) is 1. The summed E-state index contributed by atoms with van der Waals surface area (Å²) in [7, 11) is -0.0554. The summed E-state index contributed by atoms with van der Waals surface area (Å²) in [6.45, 7) is 2.04. The summed E-state index contributed by atoms with van der Waals surface area (Å²) >= 11 is 0. The minimum atomic E-state index is -3.44. The SMILES string of the molecule is COC[C@@H](Nc1nc(C)ncc1S(C)(=O)=O)c1ccnn1C. The first kappa shape index (κ1) is 16.4. The van der Waals surface area contributed by atoms with Gasteiger partial charge in [0.2, 0.25) is 0 Å². The highest BCUT2D eigenvalue weighted by atomic mass is 32.2. The van der Waals surface area contributed by atoms with Crippen molar-refractivity contribution in [2.24, 2.45) is 7.05 Å². The number of sulfone groups is 1. The van der Waals surface area contributed by atoms with E-state index in [0.29, 0.717) is 12.4 Å². The highest BCUT2D eigenvalue weighted by molar-refractivity contribution is 7.90. The number of hydrogen-bond acceptors (Lipinski definition) is 7. The Bertz CT molecular complexity index is 757. The van der Waals surface area contributed by atoms with Crippen LogP contribution in [0.3, 0.4) is 0 Å². The average molecular weight is 325 g/mol. The lowest BCUT2D eigenvalue weighted by molar-refractivity contribution is 0.183. The van der Waals surface area contributed by atoms with Crippen molar-refractivity contribution in [3.63, 3.8) is 0 Å². The standard InChI is InChI=1S/C13H19N5O3S/c1-9-14-7-12(22(4,19)20)13(16-9)17-10(8-21-3)11-5-6-15-18(11)2/h5-7,10H,8H2,1-4H3,(H,14,16,17)/t10-/m1/s1. The average Bonchev–Trinajstić information content (AvgIpc) is 2.83. The first-order valence-corrected chi connectivity index (χ1v) is 8.49. The number of anilines is 1. The molecule has 8 nitrogen and oxygen atoms in total. The quantitative estimate of drug-likeness (QED) is 0.835. The van der Waals surface area contributed by atoms with E-state index in [4.69, 9.17) is 4.74 Å². The van der Waals surface area contributed by atoms with Crippen molar-refractivity contribution in [3.05, 3.63) is 30.0 Å². The van der Waals surface area contributed by atoms with Gasteiger partial charge < -0.3 is 10.1 Å². The Morgan fingerprint density at radius 2 is 2.18 bits per heavy atom. The fourth-order valence-electron chi connectivity index (χ4n) is 2.09. The van der Waals surface area contributed by atoms with Gasteiger partial charge in [0.1, 0.15) is 16.5 Å². The van der Waals surface area contributed by atoms with Gasteiger partial charge in [0, 0.05) is 26.6 Å². The van der Waals surface area contributed by atoms with Crippen LogP contribution in [0.25, 0.3) is 0 Å². The largest absolute Gasteiger partial charge is 0.382 e. The molecule has 22 heavy (non-hydrogen) atoms. The van der Waals surface area contributed by atoms with E-state index in [1.807, 2.05) is 13.1 Å². The van der Waals surface area contributed by atoms with Gasteiger partial charge in [-0.1, -0.05) is 0 Å². The van der Waals surface area contributed by atoms with Gasteiger partial charge in [0.25, 0.3) is 0 Å². The summed E-state index contributed by atoms with van der Waals surface area (Å²) in [6.07, 6.45) is 4.11. The van der Waals surface area contributed by atoms with Crippen LogP contribution in [0.2, 0.25) is 0 Å². The molecule has 0 saturated heterocycles. The van der Waals surface area contributed by atoms with E-state index >= 15 is 0 Å². The Morgan fingerprint density at radius 3 is 2.73 bits per heavy atom. The molecule has 1 N–H and O–H groups in total. The minimum Gasteiger partial charge on any atom is -0.382 e. The van der Waals surface area contributed by atoms with Gasteiger partial charge in [-0.2, -0.15) is 5.10 Å². The summed E-state index contributed by atoms with van der Waals surface area (Å²) in [5.74, 6) is 0.745. The second-order valence-corrected chi connectivity index (χ2v) is 6.92. The van der Waals surface area contributed by atoms with Gasteiger partial charge in [0.15, 0.2) is 9.84 Å². The van der Waals surface area contributed by atoms with Crippen molar-refractivity contribution in [3.8, 4) is 0 Å². The van der Waals surface area contributed by atoms with E-state index in [1.165, 1.54) is 6.20 Å². The molecule has 120 valence electrons. The molecule has 0 fully saturated rings. The van der Waals surface area contributed by atoms with Gasteiger partial charge in [0.05, 0.1) is 24.5 Å². The molecule has 9 heteroatoms. The first-order valence-electron chi connectivity index (χ1n) is 6.60. The van der Waals surface area contributed by atoms with E-state index < -0.39 is 9.84 Å². The Labute approximate surface area is 129 Å². The van der Waals surface area contributed by atoms with E-state index in [9.17, 15) is 8.42 Å². The lowest BCUT2D eigenvalue weighted by Gasteiger charge is -2.20. The Hall–Kier alpha value is -2.00. The van der Waals surface area contributed by atoms with Crippen molar-refractivity contribution >= 4 is 15.7 Å². The molecule has 0 amide bonds. The molecule has 2 rings (SSSR count). The normalized spacial score (nSPS) is 13.1. The highest BCUT2D eigenvalue weighted by Gasteiger charge is 2.21. The molecule has 0 aromatic carbocycles. The summed E-state index contributed by atoms with van der Waals surface area (Å²) in [6, 6.07) is 1.55. The molecule has 0 spiro atoms. The van der Waals surface area contributed by atoms with Crippen molar-refractivity contribution in [1.29, 1.82) is 0 Å². The van der Waals surface area contributed by atoms with Crippen LogP contribution < -0.4 is 5.32 Å². The maximum absolute atomic E-state index is 11.9. The molecule has 2 aromatic heterocycles. The molecule has 2 heterocycles. The molecule has 0 aliphatic rings. The van der Waals surface area contributed by atoms with Gasteiger partial charge in [-0.25, -0.2) is 18.4 Å². The Kier molecular flexibility index (Phi) is 4.77. The van der Waals surface area contributed by atoms with Crippen molar-refractivity contribution in [1.82, 2.24) is 19.7 Å². The Balaban J connectivity index is 2.43. The topological polar surface area (TPSA) is 99.0 Å². The van der Waals surface area contributed by atoms with Crippen molar-refractivity contribution in [2.45, 2.75) is 17.9 Å². The van der Waals surface area contributed by atoms with Gasteiger partial charge in [-0.05, 0) is 13.0 Å². The maximum Gasteiger partial charge on any atom is 0.180 e. The van der Waals surface area contributed by atoms with Crippen LogP contribution in [-0.2, 0) is 21.6 Å². The number of hydrogen-bond donors (Lipinski definition) is 1. The second-order valence-electron chi connectivity index (χ2n) is 4.93. The molecule has 0 bridgehead atoms. The fraction of sp³-hybridized carbons (Fsp3) is 0.462. The third-order valence-corrected chi connectivity index (χ3v) is 4.23. The summed E-state index contributed by atoms with van der Waals surface area (Å²) in [5.41, 5.74) is 0.859. The number of methoxy groups -OCH3 is 1. The number of ether oxygens (including phenoxy) is 1. The van der Waals surface area contributed by atoms with Crippen LogP contribution in [-0.4, -0.2) is 48.1 Å². The monoisotopic (exact) mass is 325 g/mol. The lowest BCUT2D eigenvalue weighted by Crippen LogP contribution is -2.21. The third-order valence-electron chi connectivity index (χ3n) is 3.14. The first-order chi connectivity index (χ1) is 10.3. The number of rotatable bonds is 6. The fourth-order valence-corrected chi connectivity index (χ4v) is 2.79. The summed E-state index contributed by atoms with van der Waals surface area (Å²) < 4.78 is 30.7. The third kappa shape index (κ3) is 3.60. The predicted molar refractivity (Wildman–Crippen MR) is 81.3 cm³/mol. The molecular formula is C13H19N5O3S. The van der Waals surface area contributed by atoms with Crippen LogP contribution in [0.5, 0.6) is 0 Å². The van der Waals surface area contributed by atoms with Gasteiger partial charge >= 0.3 is 0 Å². The van der Waals surface area contributed by atoms with Crippen LogP contribution in [0.15, 0.2) is 23.4 Å². The predicted octanol–water partition coefficient (Wildman–Crippen LogP) is 0.722. The summed E-state index contributed by atoms with van der Waals surface area (Å²) in [5, 5.41) is 7.24. The molecule has 0 aliphatic carbocycles. The van der Waals surface area contributed by atoms with E-state index in [2.05, 4.69) is 20.4 Å². The highest BCUT2D eigenvalue weighted by Crippen LogP contribution is 2.23. The maximum atomic E-state index is 11.9. The second kappa shape index (κ2) is 6.41. The van der Waals surface area contributed by atoms with Crippen LogP contribution in [0.4, 0.5) is 5.82 Å². The molecular weight excluding hydrogens is 306 g/mol. The van der Waals surface area contributed by atoms with E-state index in [-0.39, 0.29) is 16.8 Å². The molecule has 2 aromatic rings. The van der Waals surface area contributed by atoms with Gasteiger partial charge in [-0.3, -0.25) is 4.68 Å². The van der Waals surface area contributed by atoms with Gasteiger partial charge in [-0.15, -0.1) is 0 Å². The lowest BCUT2D eigenvalue weighted by atomic mass is 10.2. The zero-order valence-electron chi connectivity index (χ0n) is 12.9. The van der Waals surface area contributed by atoms with Crippen LogP contribution in [0, 0.1) is 6.92 Å². The van der Waals surface area contributed by atoms with Crippen LogP contribution >= 0.6 is 0 Å². The minimum absolute atomic E-state index is 0.0568. The zero-order chi connectivity index (χ0) is 16.3.